The molecule has 0 aliphatic carbocycles. The maximum atomic E-state index is 9.84. The number of halogens is 1. The Balaban J connectivity index is 1.32. The van der Waals surface area contributed by atoms with E-state index in [2.05, 4.69) is 68.2 Å². The van der Waals surface area contributed by atoms with E-state index in [0.29, 0.717) is 42.9 Å². The Labute approximate surface area is 308 Å². The lowest BCUT2D eigenvalue weighted by atomic mass is 9.93. The van der Waals surface area contributed by atoms with Crippen molar-refractivity contribution in [1.82, 2.24) is 10.2 Å². The summed E-state index contributed by atoms with van der Waals surface area (Å²) in [6, 6.07) is 22.3. The molecule has 5 rings (SSSR count). The van der Waals surface area contributed by atoms with Gasteiger partial charge >= 0.3 is 0 Å². The summed E-state index contributed by atoms with van der Waals surface area (Å²) in [6.07, 6.45) is 1.56. The zero-order chi connectivity index (χ0) is 36.5. The van der Waals surface area contributed by atoms with Gasteiger partial charge in [-0.15, -0.1) is 0 Å². The van der Waals surface area contributed by atoms with Gasteiger partial charge in [0.15, 0.2) is 0 Å². The largest absolute Gasteiger partial charge is 0.493 e. The van der Waals surface area contributed by atoms with Crippen LogP contribution in [0, 0.1) is 27.7 Å². The fraction of sp³-hybridized carbons (Fsp3) is 0.429. The highest BCUT2D eigenvalue weighted by atomic mass is 35.5. The monoisotopic (exact) mass is 716 g/mol. The molecule has 274 valence electrons. The molecule has 9 heteroatoms. The fourth-order valence-electron chi connectivity index (χ4n) is 6.49. The third-order valence-corrected chi connectivity index (χ3v) is 10.4. The number of hydrogen-bond donors (Lipinski definition) is 4. The number of aliphatic hydroxyl groups is 3. The van der Waals surface area contributed by atoms with Crippen LogP contribution in [-0.4, -0.2) is 71.3 Å². The van der Waals surface area contributed by atoms with Crippen LogP contribution in [0.3, 0.4) is 0 Å². The van der Waals surface area contributed by atoms with Crippen LogP contribution < -0.4 is 19.5 Å². The lowest BCUT2D eigenvalue weighted by Crippen LogP contribution is -2.48. The summed E-state index contributed by atoms with van der Waals surface area (Å²) in [5.74, 6) is 1.99. The van der Waals surface area contributed by atoms with Crippen LogP contribution in [0.1, 0.15) is 58.7 Å². The quantitative estimate of drug-likeness (QED) is 0.0862. The van der Waals surface area contributed by atoms with Gasteiger partial charge in [-0.2, -0.15) is 0 Å². The van der Waals surface area contributed by atoms with E-state index in [9.17, 15) is 15.3 Å². The Bertz CT molecular complexity index is 1750. The van der Waals surface area contributed by atoms with Crippen LogP contribution in [0.4, 0.5) is 0 Å². The number of aliphatic hydroxyl groups excluding tert-OH is 3. The Kier molecular flexibility index (Phi) is 13.4. The van der Waals surface area contributed by atoms with Gasteiger partial charge in [0, 0.05) is 37.8 Å². The van der Waals surface area contributed by atoms with E-state index in [1.807, 2.05) is 36.4 Å². The van der Waals surface area contributed by atoms with Gasteiger partial charge in [0.2, 0.25) is 0 Å². The van der Waals surface area contributed by atoms with Crippen LogP contribution in [0.5, 0.6) is 17.2 Å². The van der Waals surface area contributed by atoms with Crippen molar-refractivity contribution >= 4 is 11.6 Å². The van der Waals surface area contributed by atoms with Gasteiger partial charge in [0.1, 0.15) is 30.5 Å². The second kappa shape index (κ2) is 17.7. The average molecular weight is 717 g/mol. The van der Waals surface area contributed by atoms with Crippen molar-refractivity contribution in [2.75, 3.05) is 39.5 Å². The smallest absolute Gasteiger partial charge is 0.142 e. The zero-order valence-corrected chi connectivity index (χ0v) is 31.4. The van der Waals surface area contributed by atoms with Crippen molar-refractivity contribution in [2.45, 2.75) is 78.9 Å². The minimum atomic E-state index is -0.864. The molecule has 0 unspecified atom stereocenters. The van der Waals surface area contributed by atoms with E-state index >= 15 is 0 Å². The van der Waals surface area contributed by atoms with E-state index in [0.717, 1.165) is 88.3 Å². The van der Waals surface area contributed by atoms with Crippen molar-refractivity contribution < 1.29 is 29.5 Å². The highest BCUT2D eigenvalue weighted by molar-refractivity contribution is 6.32. The van der Waals surface area contributed by atoms with Crippen molar-refractivity contribution in [3.05, 3.63) is 111 Å². The molecule has 1 aliphatic heterocycles. The number of β-amino-alcohol motifs (C(OH)–C–C–N with tert-alkyl or cyclic N) is 1. The topological polar surface area (TPSA) is 104 Å². The summed E-state index contributed by atoms with van der Waals surface area (Å²) in [5.41, 5.74) is 8.80. The minimum Gasteiger partial charge on any atom is -0.493 e. The molecule has 0 saturated carbocycles. The molecule has 4 aromatic carbocycles. The predicted molar refractivity (Wildman–Crippen MR) is 204 cm³/mol. The predicted octanol–water partition coefficient (Wildman–Crippen LogP) is 7.07. The molecule has 1 atom stereocenters. The first-order valence-electron chi connectivity index (χ1n) is 17.8. The van der Waals surface area contributed by atoms with Gasteiger partial charge < -0.3 is 39.7 Å². The van der Waals surface area contributed by atoms with Crippen LogP contribution in [0.15, 0.2) is 66.7 Å². The number of likely N-dealkylation sites (tertiary alicyclic amines) is 1. The number of benzene rings is 4. The lowest BCUT2D eigenvalue weighted by molar-refractivity contribution is 0.103. The number of nitrogens with one attached hydrogen (secondary N) is 1. The Hall–Kier alpha value is -3.63. The lowest BCUT2D eigenvalue weighted by Gasteiger charge is -2.27. The van der Waals surface area contributed by atoms with Crippen molar-refractivity contribution in [1.29, 1.82) is 0 Å². The third kappa shape index (κ3) is 9.83. The molecular formula is C42H53ClN2O6. The molecule has 4 aromatic rings. The van der Waals surface area contributed by atoms with Crippen molar-refractivity contribution in [3.63, 3.8) is 0 Å². The van der Waals surface area contributed by atoms with E-state index in [-0.39, 0.29) is 19.3 Å². The molecule has 4 N–H and O–H groups in total. The molecule has 8 nitrogen and oxygen atoms in total. The Morgan fingerprint density at radius 1 is 0.804 bits per heavy atom. The molecule has 1 fully saturated rings. The summed E-state index contributed by atoms with van der Waals surface area (Å²) in [6.45, 7) is 13.9. The van der Waals surface area contributed by atoms with Crippen LogP contribution in [-0.2, 0) is 19.8 Å². The number of aryl methyl sites for hydroxylation is 2. The van der Waals surface area contributed by atoms with Gasteiger partial charge in [0.25, 0.3) is 0 Å². The maximum Gasteiger partial charge on any atom is 0.142 e. The summed E-state index contributed by atoms with van der Waals surface area (Å²) in [7, 11) is 0. The minimum absolute atomic E-state index is 0.201. The fourth-order valence-corrected chi connectivity index (χ4v) is 6.73. The van der Waals surface area contributed by atoms with Crippen LogP contribution in [0.2, 0.25) is 5.02 Å². The Morgan fingerprint density at radius 2 is 1.47 bits per heavy atom. The van der Waals surface area contributed by atoms with E-state index in [4.69, 9.17) is 25.8 Å². The second-order valence-electron chi connectivity index (χ2n) is 14.0. The van der Waals surface area contributed by atoms with Crippen molar-refractivity contribution in [2.24, 2.45) is 0 Å². The number of ether oxygens (including phenoxy) is 3. The molecule has 0 amide bonds. The first-order chi connectivity index (χ1) is 24.5. The normalized spacial score (nSPS) is 15.0. The van der Waals surface area contributed by atoms with E-state index < -0.39 is 5.54 Å². The van der Waals surface area contributed by atoms with Gasteiger partial charge in [-0.1, -0.05) is 60.1 Å². The number of hydrogen-bond acceptors (Lipinski definition) is 8. The maximum absolute atomic E-state index is 9.84. The number of nitrogens with zero attached hydrogens (tertiary/aromatic N) is 1. The van der Waals surface area contributed by atoms with Crippen LogP contribution >= 0.6 is 11.6 Å². The highest BCUT2D eigenvalue weighted by Crippen LogP contribution is 2.37. The summed E-state index contributed by atoms with van der Waals surface area (Å²) < 4.78 is 19.1. The highest BCUT2D eigenvalue weighted by Gasteiger charge is 2.23. The van der Waals surface area contributed by atoms with E-state index in [1.165, 1.54) is 0 Å². The summed E-state index contributed by atoms with van der Waals surface area (Å²) in [4.78, 5) is 2.29. The molecule has 0 spiro atoms. The molecule has 51 heavy (non-hydrogen) atoms. The van der Waals surface area contributed by atoms with Gasteiger partial charge in [0.05, 0.1) is 36.5 Å². The molecule has 0 bridgehead atoms. The molecular weight excluding hydrogens is 664 g/mol. The molecule has 0 radical (unpaired) electrons. The van der Waals surface area contributed by atoms with Gasteiger partial charge in [-0.25, -0.2) is 0 Å². The third-order valence-electron chi connectivity index (χ3n) is 10.1. The number of rotatable bonds is 17. The van der Waals surface area contributed by atoms with Crippen LogP contribution in [0.25, 0.3) is 11.1 Å². The van der Waals surface area contributed by atoms with E-state index in [1.54, 1.807) is 6.92 Å². The van der Waals surface area contributed by atoms with Gasteiger partial charge in [-0.3, -0.25) is 0 Å². The van der Waals surface area contributed by atoms with Crippen molar-refractivity contribution in [3.8, 4) is 28.4 Å². The van der Waals surface area contributed by atoms with Gasteiger partial charge in [-0.05, 0) is 104 Å². The molecule has 1 heterocycles. The molecule has 1 saturated heterocycles. The summed E-state index contributed by atoms with van der Waals surface area (Å²) in [5, 5.41) is 33.2. The standard InChI is InChI=1S/C42H53ClN2O6/c1-28-10-6-11-29(2)37(28)25-51-40-21-41(38(43)20-33(40)22-44-42(5,26-46)27-47)50-24-32-12-7-13-35(30(32)3)36-14-8-15-39(31(36)4)49-19-9-17-45-18-16-34(48)23-45/h6-8,10-15,20-21,34,44,46-48H,9,16-19,22-27H2,1-5H3/t34-/m1/s1. The SMILES string of the molecule is Cc1cccc(C)c1COc1cc(OCc2cccc(-c3cccc(OCCCN4CC[C@@H](O)C4)c3C)c2C)c(Cl)cc1CNC(C)(CO)CO. The molecule has 0 aromatic heterocycles. The Morgan fingerprint density at radius 3 is 2.16 bits per heavy atom. The second-order valence-corrected chi connectivity index (χ2v) is 14.4. The molecule has 1 aliphatic rings. The first kappa shape index (κ1) is 38.6. The summed E-state index contributed by atoms with van der Waals surface area (Å²) >= 11 is 6.82. The zero-order valence-electron chi connectivity index (χ0n) is 30.6. The average Bonchev–Trinajstić information content (AvgIpc) is 3.54. The first-order valence-corrected chi connectivity index (χ1v) is 18.2.